The largest absolute Gasteiger partial charge is 0.347 e. The quantitative estimate of drug-likeness (QED) is 0.501. The van der Waals surface area contributed by atoms with Gasteiger partial charge in [-0.25, -0.2) is 5.43 Å². The maximum atomic E-state index is 11.6. The van der Waals surface area contributed by atoms with Crippen LogP contribution in [0.15, 0.2) is 16.5 Å². The number of hydrazone groups is 1. The van der Waals surface area contributed by atoms with E-state index in [1.165, 1.54) is 29.0 Å². The molecule has 9 heteroatoms. The predicted molar refractivity (Wildman–Crippen MR) is 71.6 cm³/mol. The van der Waals surface area contributed by atoms with Gasteiger partial charge in [0.15, 0.2) is 5.79 Å². The molecule has 20 heavy (non-hydrogen) atoms. The molecule has 1 aliphatic heterocycles. The molecule has 1 aromatic rings. The van der Waals surface area contributed by atoms with Gasteiger partial charge in [0.1, 0.15) is 0 Å². The summed E-state index contributed by atoms with van der Waals surface area (Å²) in [5.41, 5.74) is 2.33. The van der Waals surface area contributed by atoms with Crippen LogP contribution in [0.1, 0.15) is 18.2 Å². The highest BCUT2D eigenvalue weighted by Crippen LogP contribution is 2.22. The van der Waals surface area contributed by atoms with Crippen molar-refractivity contribution in [2.24, 2.45) is 5.10 Å². The van der Waals surface area contributed by atoms with E-state index in [1.807, 2.05) is 0 Å². The topological polar surface area (TPSA) is 103 Å². The number of amides is 1. The molecule has 0 atom stereocenters. The lowest BCUT2D eigenvalue weighted by atomic mass is 10.2. The zero-order valence-corrected chi connectivity index (χ0v) is 11.5. The van der Waals surface area contributed by atoms with Crippen LogP contribution in [0.5, 0.6) is 0 Å². The number of hydrogen-bond donors (Lipinski definition) is 1. The normalized spacial score (nSPS) is 17.4. The van der Waals surface area contributed by atoms with Crippen LogP contribution in [0.25, 0.3) is 0 Å². The van der Waals surface area contributed by atoms with Crippen molar-refractivity contribution in [2.45, 2.75) is 19.1 Å². The van der Waals surface area contributed by atoms with Crippen molar-refractivity contribution < 1.29 is 19.2 Å². The first kappa shape index (κ1) is 14.6. The van der Waals surface area contributed by atoms with Crippen molar-refractivity contribution in [3.05, 3.63) is 26.4 Å². The number of carbonyl (C=O) groups is 1. The first-order valence-corrected chi connectivity index (χ1v) is 6.69. The van der Waals surface area contributed by atoms with Crippen LogP contribution < -0.4 is 5.43 Å². The monoisotopic (exact) mass is 299 g/mol. The third-order valence-corrected chi connectivity index (χ3v) is 3.43. The van der Waals surface area contributed by atoms with Gasteiger partial charge in [-0.2, -0.15) is 5.10 Å². The van der Waals surface area contributed by atoms with E-state index >= 15 is 0 Å². The summed E-state index contributed by atoms with van der Waals surface area (Å²) in [7, 11) is 0. The van der Waals surface area contributed by atoms with Gasteiger partial charge in [-0.15, -0.1) is 11.3 Å². The van der Waals surface area contributed by atoms with E-state index in [1.54, 1.807) is 6.92 Å². The number of ether oxygens (including phenoxy) is 2. The molecule has 108 valence electrons. The van der Waals surface area contributed by atoms with Crippen LogP contribution in [0.3, 0.4) is 0 Å². The Morgan fingerprint density at radius 1 is 1.65 bits per heavy atom. The number of carbonyl (C=O) groups excluding carboxylic acids is 1. The summed E-state index contributed by atoms with van der Waals surface area (Å²) in [6.07, 6.45) is 1.39. The zero-order valence-electron chi connectivity index (χ0n) is 10.7. The Bertz CT molecular complexity index is 536. The van der Waals surface area contributed by atoms with E-state index < -0.39 is 10.7 Å². The fourth-order valence-electron chi connectivity index (χ4n) is 1.66. The lowest BCUT2D eigenvalue weighted by Crippen LogP contribution is -2.33. The van der Waals surface area contributed by atoms with Crippen molar-refractivity contribution in [1.29, 1.82) is 0 Å². The second kappa shape index (κ2) is 6.07. The fourth-order valence-corrected chi connectivity index (χ4v) is 2.38. The number of thiophene rings is 1. The highest BCUT2D eigenvalue weighted by atomic mass is 32.1. The van der Waals surface area contributed by atoms with Crippen LogP contribution in [0.2, 0.25) is 0 Å². The average Bonchev–Trinajstić information content (AvgIpc) is 2.98. The first-order valence-electron chi connectivity index (χ1n) is 5.81. The van der Waals surface area contributed by atoms with Crippen molar-refractivity contribution in [1.82, 2.24) is 5.43 Å². The van der Waals surface area contributed by atoms with Crippen molar-refractivity contribution in [2.75, 3.05) is 13.2 Å². The summed E-state index contributed by atoms with van der Waals surface area (Å²) in [5.74, 6) is -1.25. The average molecular weight is 299 g/mol. The Balaban J connectivity index is 1.83. The number of hydrogen-bond acceptors (Lipinski definition) is 7. The van der Waals surface area contributed by atoms with Gasteiger partial charge >= 0.3 is 0 Å². The van der Waals surface area contributed by atoms with Gasteiger partial charge in [0, 0.05) is 6.07 Å². The third-order valence-electron chi connectivity index (χ3n) is 2.58. The van der Waals surface area contributed by atoms with Gasteiger partial charge in [-0.1, -0.05) is 0 Å². The first-order chi connectivity index (χ1) is 9.48. The molecule has 1 fully saturated rings. The molecule has 0 spiro atoms. The van der Waals surface area contributed by atoms with Crippen molar-refractivity contribution >= 4 is 29.1 Å². The summed E-state index contributed by atoms with van der Waals surface area (Å²) in [4.78, 5) is 22.2. The zero-order chi connectivity index (χ0) is 14.6. The molecule has 2 rings (SSSR count). The van der Waals surface area contributed by atoms with E-state index in [-0.39, 0.29) is 18.0 Å². The molecule has 1 N–H and O–H groups in total. The molecule has 0 unspecified atom stereocenters. The van der Waals surface area contributed by atoms with Gasteiger partial charge in [-0.05, 0) is 6.92 Å². The molecule has 1 amide bonds. The smallest absolute Gasteiger partial charge is 0.280 e. The second-order valence-corrected chi connectivity index (χ2v) is 5.21. The van der Waals surface area contributed by atoms with Crippen molar-refractivity contribution in [3.63, 3.8) is 0 Å². The molecule has 0 saturated carbocycles. The van der Waals surface area contributed by atoms with Gasteiger partial charge in [0.05, 0.1) is 41.0 Å². The number of nitro groups is 1. The van der Waals surface area contributed by atoms with Crippen LogP contribution in [0.4, 0.5) is 5.69 Å². The lowest BCUT2D eigenvalue weighted by molar-refractivity contribution is -0.384. The second-order valence-electron chi connectivity index (χ2n) is 4.27. The van der Waals surface area contributed by atoms with E-state index in [0.717, 1.165) is 0 Å². The summed E-state index contributed by atoms with van der Waals surface area (Å²) >= 11 is 1.17. The maximum Gasteiger partial charge on any atom is 0.280 e. The molecular weight excluding hydrogens is 286 g/mol. The standard InChI is InChI=1S/C11H13N3O5S/c1-11(18-2-3-19-11)5-10(15)13-12-6-9-4-8(7-20-9)14(16)17/h4,6-7H,2-3,5H2,1H3,(H,13,15). The van der Waals surface area contributed by atoms with Gasteiger partial charge < -0.3 is 9.47 Å². The molecule has 0 bridgehead atoms. The van der Waals surface area contributed by atoms with E-state index in [4.69, 9.17) is 9.47 Å². The van der Waals surface area contributed by atoms with Crippen LogP contribution in [-0.2, 0) is 14.3 Å². The number of rotatable bonds is 5. The van der Waals surface area contributed by atoms with Gasteiger partial charge in [0.2, 0.25) is 5.91 Å². The lowest BCUT2D eigenvalue weighted by Gasteiger charge is -2.20. The highest BCUT2D eigenvalue weighted by molar-refractivity contribution is 7.12. The molecule has 0 aromatic carbocycles. The van der Waals surface area contributed by atoms with Crippen LogP contribution in [0, 0.1) is 10.1 Å². The molecule has 1 aliphatic rings. The molecule has 0 aliphatic carbocycles. The number of nitrogens with zero attached hydrogens (tertiary/aromatic N) is 2. The summed E-state index contributed by atoms with van der Waals surface area (Å²) in [6, 6.07) is 1.38. The van der Waals surface area contributed by atoms with Crippen molar-refractivity contribution in [3.8, 4) is 0 Å². The van der Waals surface area contributed by atoms with Gasteiger partial charge in [0.25, 0.3) is 5.69 Å². The Hall–Kier alpha value is -1.84. The summed E-state index contributed by atoms with van der Waals surface area (Å²) in [6.45, 7) is 2.61. The Morgan fingerprint density at radius 2 is 2.35 bits per heavy atom. The molecular formula is C11H13N3O5S. The van der Waals surface area contributed by atoms with Crippen LogP contribution in [-0.4, -0.2) is 36.0 Å². The van der Waals surface area contributed by atoms with Gasteiger partial charge in [-0.3, -0.25) is 14.9 Å². The third kappa shape index (κ3) is 3.83. The van der Waals surface area contributed by atoms with Crippen LogP contribution >= 0.6 is 11.3 Å². The SMILES string of the molecule is CC1(CC(=O)NN=Cc2cc([N+](=O)[O-])cs2)OCCO1. The number of nitrogens with one attached hydrogen (secondary N) is 1. The summed E-state index contributed by atoms with van der Waals surface area (Å²) in [5, 5.41) is 15.6. The van der Waals surface area contributed by atoms with E-state index in [2.05, 4.69) is 10.5 Å². The minimum absolute atomic E-state index is 0.00282. The molecule has 8 nitrogen and oxygen atoms in total. The predicted octanol–water partition coefficient (Wildman–Crippen LogP) is 1.26. The highest BCUT2D eigenvalue weighted by Gasteiger charge is 2.33. The minimum atomic E-state index is -0.901. The molecule has 1 aromatic heterocycles. The van der Waals surface area contributed by atoms with E-state index in [9.17, 15) is 14.9 Å². The fraction of sp³-hybridized carbons (Fsp3) is 0.455. The Morgan fingerprint density at radius 3 is 2.95 bits per heavy atom. The van der Waals surface area contributed by atoms with E-state index in [0.29, 0.717) is 18.1 Å². The minimum Gasteiger partial charge on any atom is -0.347 e. The Labute approximate surface area is 118 Å². The molecule has 0 radical (unpaired) electrons. The maximum absolute atomic E-state index is 11.6. The molecule has 1 saturated heterocycles. The summed E-state index contributed by atoms with van der Waals surface area (Å²) < 4.78 is 10.6. The molecule has 2 heterocycles. The Kier molecular flexibility index (Phi) is 4.42.